The molecule has 0 unspecified atom stereocenters. The Morgan fingerprint density at radius 1 is 1.50 bits per heavy atom. The summed E-state index contributed by atoms with van der Waals surface area (Å²) in [6.07, 6.45) is 3.63. The number of carbonyl (C=O) groups excluding carboxylic acids is 1. The van der Waals surface area contributed by atoms with Crippen molar-refractivity contribution in [3.05, 3.63) is 34.3 Å². The maximum atomic E-state index is 12.2. The number of imidazole rings is 1. The predicted octanol–water partition coefficient (Wildman–Crippen LogP) is 2.89. The van der Waals surface area contributed by atoms with Gasteiger partial charge in [0.25, 0.3) is 5.91 Å². The van der Waals surface area contributed by atoms with E-state index in [-0.39, 0.29) is 5.91 Å². The Labute approximate surface area is 121 Å². The molecule has 0 saturated heterocycles. The maximum absolute atomic E-state index is 12.2. The van der Waals surface area contributed by atoms with Crippen molar-refractivity contribution in [1.82, 2.24) is 19.6 Å². The number of aromatic amines is 1. The van der Waals surface area contributed by atoms with E-state index in [2.05, 4.69) is 20.5 Å². The number of nitrogens with one attached hydrogen (secondary N) is 2. The van der Waals surface area contributed by atoms with Gasteiger partial charge in [-0.2, -0.15) is 5.10 Å². The highest BCUT2D eigenvalue weighted by molar-refractivity contribution is 7.21. The highest BCUT2D eigenvalue weighted by atomic mass is 32.1. The van der Waals surface area contributed by atoms with Gasteiger partial charge in [-0.05, 0) is 13.0 Å². The van der Waals surface area contributed by atoms with Crippen molar-refractivity contribution < 1.29 is 4.79 Å². The fourth-order valence-electron chi connectivity index (χ4n) is 2.01. The zero-order valence-electron chi connectivity index (χ0n) is 10.4. The van der Waals surface area contributed by atoms with Crippen LogP contribution < -0.4 is 5.32 Å². The number of hydrogen-bond acceptors (Lipinski definition) is 5. The molecular weight excluding hydrogens is 294 g/mol. The van der Waals surface area contributed by atoms with Gasteiger partial charge in [-0.25, -0.2) is 4.98 Å². The molecule has 0 fully saturated rings. The average molecular weight is 303 g/mol. The largest absolute Gasteiger partial charge is 0.306 e. The first kappa shape index (κ1) is 11.6. The summed E-state index contributed by atoms with van der Waals surface area (Å²) in [5.74, 6) is 0.480. The van der Waals surface area contributed by atoms with Crippen molar-refractivity contribution in [2.45, 2.75) is 6.92 Å². The molecule has 0 spiro atoms. The molecule has 0 saturated carbocycles. The molecular formula is C12H9N5OS2. The summed E-state index contributed by atoms with van der Waals surface area (Å²) in [4.78, 5) is 19.2. The van der Waals surface area contributed by atoms with E-state index in [4.69, 9.17) is 0 Å². The Kier molecular flexibility index (Phi) is 2.41. The second kappa shape index (κ2) is 4.15. The number of aromatic nitrogens is 4. The molecule has 4 aromatic heterocycles. The minimum Gasteiger partial charge on any atom is -0.306 e. The number of rotatable bonds is 2. The van der Waals surface area contributed by atoms with Gasteiger partial charge < -0.3 is 5.32 Å². The van der Waals surface area contributed by atoms with Gasteiger partial charge in [0.1, 0.15) is 10.6 Å². The predicted molar refractivity (Wildman–Crippen MR) is 79.7 cm³/mol. The third-order valence-electron chi connectivity index (χ3n) is 3.03. The average Bonchev–Trinajstić information content (AvgIpc) is 3.11. The van der Waals surface area contributed by atoms with Crippen molar-refractivity contribution in [3.63, 3.8) is 0 Å². The first-order valence-corrected chi connectivity index (χ1v) is 7.58. The Morgan fingerprint density at radius 3 is 3.20 bits per heavy atom. The third-order valence-corrected chi connectivity index (χ3v) is 4.80. The highest BCUT2D eigenvalue weighted by Gasteiger charge is 2.16. The number of H-pyrrole nitrogens is 1. The van der Waals surface area contributed by atoms with Crippen LogP contribution in [0.3, 0.4) is 0 Å². The summed E-state index contributed by atoms with van der Waals surface area (Å²) in [6.45, 7) is 1.89. The molecule has 4 heterocycles. The van der Waals surface area contributed by atoms with Crippen LogP contribution in [-0.4, -0.2) is 25.5 Å². The lowest BCUT2D eigenvalue weighted by molar-refractivity contribution is 0.103. The number of nitrogens with zero attached hydrogens (tertiary/aromatic N) is 3. The first-order valence-electron chi connectivity index (χ1n) is 5.89. The fourth-order valence-corrected chi connectivity index (χ4v) is 3.70. The first-order chi connectivity index (χ1) is 9.72. The lowest BCUT2D eigenvalue weighted by atomic mass is 10.3. The van der Waals surface area contributed by atoms with E-state index in [0.717, 1.165) is 20.9 Å². The van der Waals surface area contributed by atoms with Crippen LogP contribution in [0.4, 0.5) is 5.82 Å². The molecule has 8 heteroatoms. The molecule has 0 bridgehead atoms. The lowest BCUT2D eigenvalue weighted by Crippen LogP contribution is -2.11. The number of hydrogen-bond donors (Lipinski definition) is 2. The minimum atomic E-state index is -0.149. The van der Waals surface area contributed by atoms with Crippen molar-refractivity contribution in [2.75, 3.05) is 5.32 Å². The second-order valence-corrected chi connectivity index (χ2v) is 6.25. The van der Waals surface area contributed by atoms with E-state index in [1.807, 2.05) is 29.0 Å². The molecule has 6 nitrogen and oxygen atoms in total. The Balaban J connectivity index is 1.72. The van der Waals surface area contributed by atoms with Crippen molar-refractivity contribution in [2.24, 2.45) is 0 Å². The molecule has 0 radical (unpaired) electrons. The lowest BCUT2D eigenvalue weighted by Gasteiger charge is -2.00. The van der Waals surface area contributed by atoms with Crippen LogP contribution in [-0.2, 0) is 0 Å². The van der Waals surface area contributed by atoms with Gasteiger partial charge >= 0.3 is 0 Å². The summed E-state index contributed by atoms with van der Waals surface area (Å²) in [5, 5.41) is 11.4. The summed E-state index contributed by atoms with van der Waals surface area (Å²) < 4.78 is 1.99. The van der Waals surface area contributed by atoms with Gasteiger partial charge in [-0.3, -0.25) is 14.3 Å². The maximum Gasteiger partial charge on any atom is 0.267 e. The number of anilines is 1. The van der Waals surface area contributed by atoms with Crippen LogP contribution in [0.2, 0.25) is 0 Å². The molecule has 4 aromatic rings. The normalized spacial score (nSPS) is 11.4. The number of fused-ring (bicyclic) bond motifs is 3. The molecule has 0 aliphatic rings. The van der Waals surface area contributed by atoms with E-state index < -0.39 is 0 Å². The monoisotopic (exact) mass is 303 g/mol. The van der Waals surface area contributed by atoms with Gasteiger partial charge in [0.2, 0.25) is 0 Å². The zero-order valence-corrected chi connectivity index (χ0v) is 12.0. The highest BCUT2D eigenvalue weighted by Crippen LogP contribution is 2.28. The minimum absolute atomic E-state index is 0.149. The Bertz CT molecular complexity index is 928. The van der Waals surface area contributed by atoms with Crippen LogP contribution in [0.15, 0.2) is 23.8 Å². The molecule has 2 N–H and O–H groups in total. The molecule has 20 heavy (non-hydrogen) atoms. The van der Waals surface area contributed by atoms with E-state index in [9.17, 15) is 4.79 Å². The Morgan fingerprint density at radius 2 is 2.40 bits per heavy atom. The van der Waals surface area contributed by atoms with E-state index >= 15 is 0 Å². The van der Waals surface area contributed by atoms with Gasteiger partial charge in [0, 0.05) is 17.1 Å². The van der Waals surface area contributed by atoms with Gasteiger partial charge in [0.15, 0.2) is 4.96 Å². The number of amides is 1. The molecule has 0 atom stereocenters. The smallest absolute Gasteiger partial charge is 0.267 e. The van der Waals surface area contributed by atoms with Crippen LogP contribution in [0.1, 0.15) is 15.2 Å². The van der Waals surface area contributed by atoms with Crippen molar-refractivity contribution in [1.29, 1.82) is 0 Å². The fraction of sp³-hybridized carbons (Fsp3) is 0.0833. The molecule has 1 amide bonds. The molecule has 4 rings (SSSR count). The summed E-state index contributed by atoms with van der Waals surface area (Å²) in [5.41, 5.74) is 1.87. The van der Waals surface area contributed by atoms with Crippen LogP contribution >= 0.6 is 22.7 Å². The molecule has 100 valence electrons. The summed E-state index contributed by atoms with van der Waals surface area (Å²) >= 11 is 2.97. The molecule has 0 aromatic carbocycles. The number of aryl methyl sites for hydroxylation is 1. The molecule has 0 aliphatic carbocycles. The Hall–Kier alpha value is -2.19. The van der Waals surface area contributed by atoms with Crippen LogP contribution in [0.5, 0.6) is 0 Å². The van der Waals surface area contributed by atoms with Crippen molar-refractivity contribution >= 4 is 49.7 Å². The number of carbonyl (C=O) groups is 1. The molecule has 0 aliphatic heterocycles. The van der Waals surface area contributed by atoms with E-state index in [1.165, 1.54) is 11.3 Å². The van der Waals surface area contributed by atoms with Crippen LogP contribution in [0.25, 0.3) is 15.3 Å². The number of thiophene rings is 1. The van der Waals surface area contributed by atoms with Gasteiger partial charge in [-0.1, -0.05) is 0 Å². The third kappa shape index (κ3) is 1.65. The standard InChI is InChI=1S/C12H9N5OS2/c1-6-5-13-16-9(6)14-10(18)8-4-7-11(20-8)15-12-17(7)2-3-19-12/h2-5H,1H3,(H2,13,14,16,18). The summed E-state index contributed by atoms with van der Waals surface area (Å²) in [6, 6.07) is 1.87. The van der Waals surface area contributed by atoms with Crippen molar-refractivity contribution in [3.8, 4) is 0 Å². The quantitative estimate of drug-likeness (QED) is 0.598. The zero-order chi connectivity index (χ0) is 13.7. The topological polar surface area (TPSA) is 75.1 Å². The summed E-state index contributed by atoms with van der Waals surface area (Å²) in [7, 11) is 0. The number of thiazole rings is 1. The van der Waals surface area contributed by atoms with Crippen LogP contribution in [0, 0.1) is 6.92 Å². The van der Waals surface area contributed by atoms with Gasteiger partial charge in [0.05, 0.1) is 16.6 Å². The van der Waals surface area contributed by atoms with Gasteiger partial charge in [-0.15, -0.1) is 22.7 Å². The van der Waals surface area contributed by atoms with E-state index in [1.54, 1.807) is 17.5 Å². The SMILES string of the molecule is Cc1cn[nH]c1NC(=O)c1cc2c(nc3sccn32)s1. The second-order valence-electron chi connectivity index (χ2n) is 4.35. The van der Waals surface area contributed by atoms with E-state index in [0.29, 0.717) is 10.7 Å².